The minimum Gasteiger partial charge on any atom is -0.507 e. The third-order valence-electron chi connectivity index (χ3n) is 5.66. The molecule has 0 amide bonds. The van der Waals surface area contributed by atoms with E-state index in [1.807, 2.05) is 6.07 Å². The van der Waals surface area contributed by atoms with Crippen LogP contribution in [0.1, 0.15) is 22.3 Å². The van der Waals surface area contributed by atoms with Crippen LogP contribution in [0.5, 0.6) is 23.0 Å². The van der Waals surface area contributed by atoms with Gasteiger partial charge in [0.1, 0.15) is 54.7 Å². The number of phenols is 1. The van der Waals surface area contributed by atoms with E-state index in [0.29, 0.717) is 31.1 Å². The highest BCUT2D eigenvalue weighted by Gasteiger charge is 2.45. The van der Waals surface area contributed by atoms with Crippen LogP contribution in [0.3, 0.4) is 0 Å². The van der Waals surface area contributed by atoms with Crippen LogP contribution < -0.4 is 14.2 Å². The Kier molecular flexibility index (Phi) is 7.46. The first-order valence-corrected chi connectivity index (χ1v) is 11.1. The molecule has 0 bridgehead atoms. The van der Waals surface area contributed by atoms with Gasteiger partial charge in [-0.3, -0.25) is 4.79 Å². The lowest BCUT2D eigenvalue weighted by Crippen LogP contribution is -2.60. The zero-order chi connectivity index (χ0) is 24.4. The smallest absolute Gasteiger partial charge is 0.229 e. The second-order valence-corrected chi connectivity index (χ2v) is 8.45. The lowest BCUT2D eigenvalue weighted by atomic mass is 9.99. The van der Waals surface area contributed by atoms with E-state index in [2.05, 4.69) is 0 Å². The summed E-state index contributed by atoms with van der Waals surface area (Å²) in [6.07, 6.45) is -7.35. The van der Waals surface area contributed by atoms with Gasteiger partial charge in [-0.25, -0.2) is 0 Å². The highest BCUT2D eigenvalue weighted by molar-refractivity contribution is 6.31. The summed E-state index contributed by atoms with van der Waals surface area (Å²) in [5, 5.41) is 50.0. The number of halogens is 1. The molecule has 0 aliphatic carbocycles. The van der Waals surface area contributed by atoms with Crippen molar-refractivity contribution in [2.45, 2.75) is 43.5 Å². The molecule has 1 saturated heterocycles. The predicted octanol–water partition coefficient (Wildman–Crippen LogP) is 0.811. The average Bonchev–Trinajstić information content (AvgIpc) is 2.82. The Labute approximate surface area is 199 Å². The fourth-order valence-electron chi connectivity index (χ4n) is 3.86. The van der Waals surface area contributed by atoms with Crippen molar-refractivity contribution < 1.29 is 49.3 Å². The molecule has 34 heavy (non-hydrogen) atoms. The van der Waals surface area contributed by atoms with Gasteiger partial charge >= 0.3 is 0 Å². The number of benzene rings is 2. The Morgan fingerprint density at radius 1 is 1.03 bits per heavy atom. The summed E-state index contributed by atoms with van der Waals surface area (Å²) in [4.78, 5) is 13.0. The monoisotopic (exact) mass is 496 g/mol. The number of carbonyl (C=O) groups excluding carboxylic acids is 1. The van der Waals surface area contributed by atoms with E-state index in [4.69, 9.17) is 30.5 Å². The molecule has 11 heteroatoms. The molecule has 2 aromatic rings. The molecule has 10 nitrogen and oxygen atoms in total. The Balaban J connectivity index is 1.52. The minimum atomic E-state index is -1.69. The van der Waals surface area contributed by atoms with Gasteiger partial charge in [0.15, 0.2) is 17.3 Å². The van der Waals surface area contributed by atoms with Crippen LogP contribution in [-0.2, 0) is 11.2 Å². The summed E-state index contributed by atoms with van der Waals surface area (Å²) in [5.74, 6) is 0.147. The third kappa shape index (κ3) is 5.07. The summed E-state index contributed by atoms with van der Waals surface area (Å²) in [5.41, 5.74) is 0.640. The maximum atomic E-state index is 13.0. The molecular weight excluding hydrogens is 472 g/mol. The van der Waals surface area contributed by atoms with Crippen molar-refractivity contribution in [2.75, 3.05) is 19.8 Å². The molecular formula is C23H25ClO10. The Bertz CT molecular complexity index is 1040. The second-order valence-electron chi connectivity index (χ2n) is 8.01. The lowest BCUT2D eigenvalue weighted by molar-refractivity contribution is -0.277. The minimum absolute atomic E-state index is 0.000121. The van der Waals surface area contributed by atoms with E-state index in [0.717, 1.165) is 5.56 Å². The van der Waals surface area contributed by atoms with Gasteiger partial charge in [-0.05, 0) is 36.2 Å². The first-order chi connectivity index (χ1) is 16.3. The van der Waals surface area contributed by atoms with Crippen molar-refractivity contribution in [3.63, 3.8) is 0 Å². The van der Waals surface area contributed by atoms with Gasteiger partial charge < -0.3 is 44.5 Å². The normalized spacial score (nSPS) is 26.2. The van der Waals surface area contributed by atoms with Crippen molar-refractivity contribution in [2.24, 2.45) is 0 Å². The molecule has 0 saturated carbocycles. The Hall–Kier alpha value is -2.60. The van der Waals surface area contributed by atoms with E-state index >= 15 is 0 Å². The van der Waals surface area contributed by atoms with Crippen LogP contribution in [-0.4, -0.2) is 81.8 Å². The number of aliphatic hydroxyl groups excluding tert-OH is 4. The highest BCUT2D eigenvalue weighted by Crippen LogP contribution is 2.36. The first kappa shape index (κ1) is 24.5. The van der Waals surface area contributed by atoms with E-state index in [9.17, 15) is 30.3 Å². The molecule has 0 unspecified atom stereocenters. The first-order valence-electron chi connectivity index (χ1n) is 10.7. The number of aliphatic hydroxyl groups is 4. The summed E-state index contributed by atoms with van der Waals surface area (Å²) in [6.45, 7) is 0.261. The molecule has 2 aliphatic rings. The zero-order valence-electron chi connectivity index (χ0n) is 18.0. The summed E-state index contributed by atoms with van der Waals surface area (Å²) >= 11 is 6.02. The molecule has 1 fully saturated rings. The number of aryl methyl sites for hydroxylation is 1. The number of ketones is 1. The summed E-state index contributed by atoms with van der Waals surface area (Å²) in [7, 11) is 0. The van der Waals surface area contributed by atoms with Gasteiger partial charge in [0.05, 0.1) is 6.61 Å². The number of carbonyl (C=O) groups is 1. The van der Waals surface area contributed by atoms with Crippen LogP contribution in [0.4, 0.5) is 0 Å². The number of rotatable bonds is 7. The van der Waals surface area contributed by atoms with Gasteiger partial charge in [-0.15, -0.1) is 0 Å². The molecule has 0 radical (unpaired) electrons. The number of hydrogen-bond donors (Lipinski definition) is 5. The van der Waals surface area contributed by atoms with Crippen molar-refractivity contribution in [3.05, 3.63) is 46.5 Å². The quantitative estimate of drug-likeness (QED) is 0.348. The fourth-order valence-corrected chi connectivity index (χ4v) is 4.06. The van der Waals surface area contributed by atoms with E-state index in [-0.39, 0.29) is 22.8 Å². The number of phenolic OH excluding ortho intramolecular Hbond substituents is 1. The van der Waals surface area contributed by atoms with Crippen molar-refractivity contribution in [3.8, 4) is 23.0 Å². The molecule has 2 aliphatic heterocycles. The van der Waals surface area contributed by atoms with E-state index in [1.165, 1.54) is 12.1 Å². The van der Waals surface area contributed by atoms with Crippen molar-refractivity contribution >= 4 is 17.4 Å². The van der Waals surface area contributed by atoms with Crippen LogP contribution >= 0.6 is 11.6 Å². The fraction of sp³-hybridized carbons (Fsp3) is 0.435. The molecule has 0 aromatic heterocycles. The van der Waals surface area contributed by atoms with Crippen LogP contribution in [0.25, 0.3) is 0 Å². The van der Waals surface area contributed by atoms with Crippen LogP contribution in [0.15, 0.2) is 30.3 Å². The van der Waals surface area contributed by atoms with Gasteiger partial charge in [-0.1, -0.05) is 17.7 Å². The van der Waals surface area contributed by atoms with Gasteiger partial charge in [0, 0.05) is 11.4 Å². The molecule has 184 valence electrons. The second kappa shape index (κ2) is 10.3. The van der Waals surface area contributed by atoms with E-state index in [1.54, 1.807) is 12.1 Å². The molecule has 5 N–H and O–H groups in total. The molecule has 2 heterocycles. The van der Waals surface area contributed by atoms with Crippen LogP contribution in [0, 0.1) is 0 Å². The van der Waals surface area contributed by atoms with Gasteiger partial charge in [0.25, 0.3) is 0 Å². The van der Waals surface area contributed by atoms with Crippen LogP contribution in [0.2, 0.25) is 5.02 Å². The number of hydrogen-bond acceptors (Lipinski definition) is 10. The number of ether oxygens (including phenoxy) is 4. The molecule has 2 aromatic carbocycles. The SMILES string of the molecule is O=C(CCc1ccc2c(c1)OCCO2)c1c(O)cc(Cl)cc1O[C@@H]1O[C@H](CO)[C@@H](O)[C@H](O)[C@H]1O. The average molecular weight is 497 g/mol. The number of Topliss-reactive ketones (excluding diaryl/α,β-unsaturated/α-hetero) is 1. The number of fused-ring (bicyclic) bond motifs is 1. The largest absolute Gasteiger partial charge is 0.507 e. The molecule has 0 spiro atoms. The molecule has 4 rings (SSSR count). The van der Waals surface area contributed by atoms with Crippen molar-refractivity contribution in [1.82, 2.24) is 0 Å². The molecule has 5 atom stereocenters. The number of aromatic hydroxyl groups is 1. The van der Waals surface area contributed by atoms with Crippen molar-refractivity contribution in [1.29, 1.82) is 0 Å². The maximum absolute atomic E-state index is 13.0. The Morgan fingerprint density at radius 2 is 1.76 bits per heavy atom. The van der Waals surface area contributed by atoms with E-state index < -0.39 is 48.8 Å². The maximum Gasteiger partial charge on any atom is 0.229 e. The predicted molar refractivity (Wildman–Crippen MR) is 118 cm³/mol. The standard InChI is InChI=1S/C23H25ClO10/c24-12-8-14(27)19(13(26)3-1-11-2-4-15-16(7-11)32-6-5-31-15)17(9-12)33-23-22(30)21(29)20(28)18(10-25)34-23/h2,4,7-9,18,20-23,25,27-30H,1,3,5-6,10H2/t18-,20-,21+,22-,23-/m1/s1. The topological polar surface area (TPSA) is 155 Å². The Morgan fingerprint density at radius 3 is 2.50 bits per heavy atom. The lowest BCUT2D eigenvalue weighted by Gasteiger charge is -2.39. The van der Waals surface area contributed by atoms with Gasteiger partial charge in [-0.2, -0.15) is 0 Å². The zero-order valence-corrected chi connectivity index (χ0v) is 18.7. The summed E-state index contributed by atoms with van der Waals surface area (Å²) < 4.78 is 22.0. The highest BCUT2D eigenvalue weighted by atomic mass is 35.5. The summed E-state index contributed by atoms with van der Waals surface area (Å²) in [6, 6.07) is 7.81. The van der Waals surface area contributed by atoms with Gasteiger partial charge in [0.2, 0.25) is 6.29 Å². The third-order valence-corrected chi connectivity index (χ3v) is 5.88.